The van der Waals surface area contributed by atoms with Gasteiger partial charge in [-0.25, -0.2) is 4.98 Å². The predicted octanol–water partition coefficient (Wildman–Crippen LogP) is 4.62. The molecule has 0 saturated carbocycles. The smallest absolute Gasteiger partial charge is 0.229 e. The average Bonchev–Trinajstić information content (AvgIpc) is 3.43. The Kier molecular flexibility index (Phi) is 5.53. The van der Waals surface area contributed by atoms with Crippen molar-refractivity contribution in [2.24, 2.45) is 5.92 Å². The minimum Gasteiger partial charge on any atom is -0.497 e. The van der Waals surface area contributed by atoms with Gasteiger partial charge in [0.1, 0.15) is 11.4 Å². The zero-order valence-electron chi connectivity index (χ0n) is 19.4. The molecule has 172 valence electrons. The molecule has 2 aromatic heterocycles. The number of benzene rings is 2. The molecule has 1 fully saturated rings. The summed E-state index contributed by atoms with van der Waals surface area (Å²) >= 11 is 0. The highest BCUT2D eigenvalue weighted by Gasteiger charge is 2.35. The molecule has 5 rings (SSSR count). The number of carbonyl (C=O) groups excluding carboxylic acids is 2. The van der Waals surface area contributed by atoms with E-state index in [-0.39, 0.29) is 18.2 Å². The molecule has 0 spiro atoms. The number of imidazole rings is 1. The zero-order valence-corrected chi connectivity index (χ0v) is 19.4. The maximum Gasteiger partial charge on any atom is 0.229 e. The predicted molar refractivity (Wildman–Crippen MR) is 132 cm³/mol. The van der Waals surface area contributed by atoms with Gasteiger partial charge in [0, 0.05) is 48.4 Å². The van der Waals surface area contributed by atoms with Crippen molar-refractivity contribution >= 4 is 28.8 Å². The number of rotatable bonds is 5. The van der Waals surface area contributed by atoms with Gasteiger partial charge in [-0.05, 0) is 55.3 Å². The number of pyridine rings is 1. The third kappa shape index (κ3) is 4.12. The Morgan fingerprint density at radius 2 is 1.97 bits per heavy atom. The van der Waals surface area contributed by atoms with Gasteiger partial charge < -0.3 is 19.4 Å². The molecule has 0 unspecified atom stereocenters. The second-order valence-electron chi connectivity index (χ2n) is 8.72. The fourth-order valence-electron chi connectivity index (χ4n) is 4.28. The van der Waals surface area contributed by atoms with Crippen LogP contribution in [-0.4, -0.2) is 34.9 Å². The molecule has 2 aromatic carbocycles. The number of nitrogens with one attached hydrogen (secondary N) is 1. The van der Waals surface area contributed by atoms with Crippen molar-refractivity contribution in [1.29, 1.82) is 0 Å². The van der Waals surface area contributed by atoms with Crippen LogP contribution in [0.3, 0.4) is 0 Å². The van der Waals surface area contributed by atoms with Crippen LogP contribution in [0.5, 0.6) is 5.75 Å². The lowest BCUT2D eigenvalue weighted by Gasteiger charge is -2.18. The van der Waals surface area contributed by atoms with Crippen LogP contribution in [0.15, 0.2) is 67.0 Å². The molecule has 1 atom stereocenters. The fraction of sp³-hybridized carbons (Fsp3) is 0.222. The highest BCUT2D eigenvalue weighted by atomic mass is 16.5. The van der Waals surface area contributed by atoms with Gasteiger partial charge in [-0.1, -0.05) is 18.2 Å². The van der Waals surface area contributed by atoms with Crippen LogP contribution >= 0.6 is 0 Å². The summed E-state index contributed by atoms with van der Waals surface area (Å²) in [5.41, 5.74) is 6.19. The topological polar surface area (TPSA) is 75.9 Å². The van der Waals surface area contributed by atoms with E-state index in [0.29, 0.717) is 12.3 Å². The summed E-state index contributed by atoms with van der Waals surface area (Å²) in [6.45, 7) is 4.33. The standard InChI is InChI=1S/C27H26N4O3/c1-17-9-10-30-16-24(28-25(30)11-17)19-8-7-18(2)23(12-19)29-27(33)20-13-26(32)31(15-20)21-5-4-6-22(14-21)34-3/h4-12,14,16,20H,13,15H2,1-3H3,(H,29,33)/t20-/m0/s1. The summed E-state index contributed by atoms with van der Waals surface area (Å²) in [6.07, 6.45) is 4.14. The van der Waals surface area contributed by atoms with Gasteiger partial charge in [0.25, 0.3) is 0 Å². The van der Waals surface area contributed by atoms with E-state index in [0.717, 1.165) is 39.4 Å². The molecular weight excluding hydrogens is 428 g/mol. The van der Waals surface area contributed by atoms with Crippen LogP contribution in [0, 0.1) is 19.8 Å². The third-order valence-corrected chi connectivity index (χ3v) is 6.27. The highest BCUT2D eigenvalue weighted by Crippen LogP contribution is 2.30. The normalized spacial score (nSPS) is 15.7. The second kappa shape index (κ2) is 8.67. The summed E-state index contributed by atoms with van der Waals surface area (Å²) in [5, 5.41) is 3.04. The van der Waals surface area contributed by atoms with Crippen LogP contribution in [0.1, 0.15) is 17.5 Å². The lowest BCUT2D eigenvalue weighted by Crippen LogP contribution is -2.28. The van der Waals surface area contributed by atoms with Gasteiger partial charge in [0.05, 0.1) is 18.7 Å². The molecule has 0 radical (unpaired) electrons. The van der Waals surface area contributed by atoms with Crippen molar-refractivity contribution in [3.05, 3.63) is 78.1 Å². The van der Waals surface area contributed by atoms with Gasteiger partial charge in [-0.15, -0.1) is 0 Å². The molecule has 7 nitrogen and oxygen atoms in total. The van der Waals surface area contributed by atoms with Gasteiger partial charge >= 0.3 is 0 Å². The summed E-state index contributed by atoms with van der Waals surface area (Å²) in [7, 11) is 1.59. The van der Waals surface area contributed by atoms with Crippen LogP contribution < -0.4 is 15.0 Å². The van der Waals surface area contributed by atoms with E-state index in [4.69, 9.17) is 9.72 Å². The number of hydrogen-bond acceptors (Lipinski definition) is 4. The molecule has 1 aliphatic rings. The lowest BCUT2D eigenvalue weighted by atomic mass is 10.1. The Hall–Kier alpha value is -4.13. The molecule has 1 aliphatic heterocycles. The van der Waals surface area contributed by atoms with E-state index >= 15 is 0 Å². The number of aryl methyl sites for hydroxylation is 2. The Labute approximate surface area is 198 Å². The van der Waals surface area contributed by atoms with Crippen LogP contribution in [0.4, 0.5) is 11.4 Å². The van der Waals surface area contributed by atoms with Crippen molar-refractivity contribution in [2.45, 2.75) is 20.3 Å². The van der Waals surface area contributed by atoms with Crippen LogP contribution in [-0.2, 0) is 9.59 Å². The number of amides is 2. The monoisotopic (exact) mass is 454 g/mol. The average molecular weight is 455 g/mol. The van der Waals surface area contributed by atoms with Gasteiger partial charge in [0.15, 0.2) is 0 Å². The van der Waals surface area contributed by atoms with Crippen molar-refractivity contribution in [3.8, 4) is 17.0 Å². The van der Waals surface area contributed by atoms with Crippen molar-refractivity contribution in [1.82, 2.24) is 9.38 Å². The first-order valence-corrected chi connectivity index (χ1v) is 11.2. The first-order chi connectivity index (χ1) is 16.4. The SMILES string of the molecule is COc1cccc(N2C[C@@H](C(=O)Nc3cc(-c4cn5ccc(C)cc5n4)ccc3C)CC2=O)c1. The molecule has 0 bridgehead atoms. The first kappa shape index (κ1) is 21.7. The maximum atomic E-state index is 13.1. The van der Waals surface area contributed by atoms with E-state index < -0.39 is 5.92 Å². The first-order valence-electron chi connectivity index (χ1n) is 11.2. The molecule has 1 N–H and O–H groups in total. The van der Waals surface area contributed by atoms with E-state index in [1.807, 2.05) is 85.2 Å². The molecule has 2 amide bonds. The fourth-order valence-corrected chi connectivity index (χ4v) is 4.28. The van der Waals surface area contributed by atoms with E-state index in [1.165, 1.54) is 0 Å². The number of hydrogen-bond donors (Lipinski definition) is 1. The lowest BCUT2D eigenvalue weighted by molar-refractivity contribution is -0.122. The third-order valence-electron chi connectivity index (χ3n) is 6.27. The molecule has 0 aliphatic carbocycles. The minimum absolute atomic E-state index is 0.0705. The molecule has 7 heteroatoms. The molecule has 4 aromatic rings. The second-order valence-corrected chi connectivity index (χ2v) is 8.72. The summed E-state index contributed by atoms with van der Waals surface area (Å²) in [4.78, 5) is 32.1. The quantitative estimate of drug-likeness (QED) is 0.478. The van der Waals surface area contributed by atoms with Crippen LogP contribution in [0.2, 0.25) is 0 Å². The number of ether oxygens (including phenoxy) is 1. The number of fused-ring (bicyclic) bond motifs is 1. The number of aromatic nitrogens is 2. The Bertz CT molecular complexity index is 1410. The van der Waals surface area contributed by atoms with Gasteiger partial charge in [0.2, 0.25) is 11.8 Å². The Morgan fingerprint density at radius 3 is 2.79 bits per heavy atom. The molecule has 1 saturated heterocycles. The molecule has 3 heterocycles. The number of methoxy groups -OCH3 is 1. The largest absolute Gasteiger partial charge is 0.497 e. The minimum atomic E-state index is -0.431. The van der Waals surface area contributed by atoms with Gasteiger partial charge in [-0.2, -0.15) is 0 Å². The number of carbonyl (C=O) groups is 2. The molecular formula is C27H26N4O3. The van der Waals surface area contributed by atoms with Crippen molar-refractivity contribution in [3.63, 3.8) is 0 Å². The zero-order chi connectivity index (χ0) is 23.8. The number of nitrogens with zero attached hydrogens (tertiary/aromatic N) is 3. The van der Waals surface area contributed by atoms with E-state index in [1.54, 1.807) is 12.0 Å². The van der Waals surface area contributed by atoms with E-state index in [2.05, 4.69) is 5.32 Å². The van der Waals surface area contributed by atoms with Crippen LogP contribution in [0.25, 0.3) is 16.9 Å². The van der Waals surface area contributed by atoms with Crippen molar-refractivity contribution in [2.75, 3.05) is 23.9 Å². The van der Waals surface area contributed by atoms with E-state index in [9.17, 15) is 9.59 Å². The van der Waals surface area contributed by atoms with Gasteiger partial charge in [-0.3, -0.25) is 9.59 Å². The Balaban J connectivity index is 1.35. The summed E-state index contributed by atoms with van der Waals surface area (Å²) in [5.74, 6) is 0.0103. The Morgan fingerprint density at radius 1 is 1.12 bits per heavy atom. The highest BCUT2D eigenvalue weighted by molar-refractivity contribution is 6.04. The van der Waals surface area contributed by atoms with Crippen molar-refractivity contribution < 1.29 is 14.3 Å². The molecule has 34 heavy (non-hydrogen) atoms. The summed E-state index contributed by atoms with van der Waals surface area (Å²) < 4.78 is 7.25. The summed E-state index contributed by atoms with van der Waals surface area (Å²) in [6, 6.07) is 17.3. The maximum absolute atomic E-state index is 13.1. The number of anilines is 2.